The van der Waals surface area contributed by atoms with Gasteiger partial charge in [0.05, 0.1) is 0 Å². The standard InChI is InChI=1S/2C5H10O2.Ca/c2*1-3-4(2)5(6)7;/h2*4H,3H2,1-2H3,(H,6,7);/q;;+2/p-2. The minimum atomic E-state index is -0.956. The van der Waals surface area contributed by atoms with Gasteiger partial charge in [0.1, 0.15) is 0 Å². The molecular formula is C10H18CaO4. The maximum atomic E-state index is 9.82. The number of carbonyl (C=O) groups is 2. The molecule has 0 N–H and O–H groups in total. The van der Waals surface area contributed by atoms with Crippen LogP contribution in [-0.2, 0) is 9.59 Å². The zero-order valence-electron chi connectivity index (χ0n) is 9.91. The molecule has 0 fully saturated rings. The summed E-state index contributed by atoms with van der Waals surface area (Å²) in [5.74, 6) is -2.50. The van der Waals surface area contributed by atoms with Crippen molar-refractivity contribution < 1.29 is 19.8 Å². The van der Waals surface area contributed by atoms with Gasteiger partial charge in [-0.1, -0.05) is 27.7 Å². The van der Waals surface area contributed by atoms with Crippen LogP contribution in [0.2, 0.25) is 0 Å². The van der Waals surface area contributed by atoms with E-state index in [2.05, 4.69) is 0 Å². The molecule has 4 nitrogen and oxygen atoms in total. The molecule has 5 heteroatoms. The van der Waals surface area contributed by atoms with E-state index < -0.39 is 11.9 Å². The summed E-state index contributed by atoms with van der Waals surface area (Å²) in [6.07, 6.45) is 1.31. The van der Waals surface area contributed by atoms with Crippen LogP contribution in [0.4, 0.5) is 0 Å². The Labute approximate surface area is 121 Å². The molecule has 0 heterocycles. The average molecular weight is 242 g/mol. The van der Waals surface area contributed by atoms with Crippen molar-refractivity contribution in [1.82, 2.24) is 0 Å². The Morgan fingerprint density at radius 3 is 1.13 bits per heavy atom. The summed E-state index contributed by atoms with van der Waals surface area (Å²) < 4.78 is 0. The molecule has 0 saturated heterocycles. The van der Waals surface area contributed by atoms with Gasteiger partial charge < -0.3 is 19.8 Å². The van der Waals surface area contributed by atoms with Gasteiger partial charge >= 0.3 is 37.7 Å². The van der Waals surface area contributed by atoms with E-state index in [-0.39, 0.29) is 49.6 Å². The Hall–Kier alpha value is 0.200. The van der Waals surface area contributed by atoms with Crippen LogP contribution in [0.15, 0.2) is 0 Å². The molecule has 2 unspecified atom stereocenters. The van der Waals surface area contributed by atoms with Crippen LogP contribution < -0.4 is 10.2 Å². The summed E-state index contributed by atoms with van der Waals surface area (Å²) >= 11 is 0. The molecule has 15 heavy (non-hydrogen) atoms. The first-order valence-electron chi connectivity index (χ1n) is 4.78. The number of aliphatic carboxylic acids is 2. The summed E-state index contributed by atoms with van der Waals surface area (Å²) in [6, 6.07) is 0. The minimum absolute atomic E-state index is 0. The van der Waals surface area contributed by atoms with Crippen molar-refractivity contribution in [2.24, 2.45) is 11.8 Å². The number of hydrogen-bond acceptors (Lipinski definition) is 4. The zero-order chi connectivity index (χ0) is 11.7. The van der Waals surface area contributed by atoms with E-state index in [9.17, 15) is 19.8 Å². The molecule has 2 atom stereocenters. The number of carbonyl (C=O) groups excluding carboxylic acids is 2. The summed E-state index contributed by atoms with van der Waals surface area (Å²) in [4.78, 5) is 19.6. The van der Waals surface area contributed by atoms with E-state index in [4.69, 9.17) is 0 Å². The van der Waals surface area contributed by atoms with Gasteiger partial charge in [-0.3, -0.25) is 0 Å². The van der Waals surface area contributed by atoms with E-state index in [0.717, 1.165) is 0 Å². The Morgan fingerprint density at radius 1 is 0.933 bits per heavy atom. The van der Waals surface area contributed by atoms with Gasteiger partial charge in [0.2, 0.25) is 0 Å². The molecule has 84 valence electrons. The Kier molecular flexibility index (Phi) is 16.8. The molecule has 0 bridgehead atoms. The number of rotatable bonds is 4. The van der Waals surface area contributed by atoms with Crippen molar-refractivity contribution in [3.05, 3.63) is 0 Å². The Balaban J connectivity index is -0.000000180. The average Bonchev–Trinajstić information content (AvgIpc) is 2.15. The monoisotopic (exact) mass is 242 g/mol. The third-order valence-corrected chi connectivity index (χ3v) is 2.03. The first-order chi connectivity index (χ1) is 6.36. The summed E-state index contributed by atoms with van der Waals surface area (Å²) in [6.45, 7) is 6.91. The third kappa shape index (κ3) is 14.2. The molecule has 0 saturated carbocycles. The van der Waals surface area contributed by atoms with Gasteiger partial charge in [-0.25, -0.2) is 0 Å². The predicted molar refractivity (Wildman–Crippen MR) is 54.7 cm³/mol. The third-order valence-electron chi connectivity index (χ3n) is 2.03. The van der Waals surface area contributed by atoms with E-state index in [1.54, 1.807) is 13.8 Å². The second kappa shape index (κ2) is 12.3. The van der Waals surface area contributed by atoms with Crippen molar-refractivity contribution in [3.8, 4) is 0 Å². The Morgan fingerprint density at radius 2 is 1.13 bits per heavy atom. The molecule has 0 aromatic heterocycles. The van der Waals surface area contributed by atoms with E-state index in [1.807, 2.05) is 13.8 Å². The van der Waals surface area contributed by atoms with Crippen LogP contribution in [0.3, 0.4) is 0 Å². The van der Waals surface area contributed by atoms with Crippen LogP contribution in [0.25, 0.3) is 0 Å². The smallest absolute Gasteiger partial charge is 0.550 e. The van der Waals surface area contributed by atoms with Crippen molar-refractivity contribution in [1.29, 1.82) is 0 Å². The largest absolute Gasteiger partial charge is 2.00 e. The molecule has 0 aromatic carbocycles. The summed E-state index contributed by atoms with van der Waals surface area (Å²) in [7, 11) is 0. The van der Waals surface area contributed by atoms with Crippen LogP contribution in [-0.4, -0.2) is 49.7 Å². The van der Waals surface area contributed by atoms with Gasteiger partial charge in [-0.05, 0) is 24.7 Å². The number of carboxylic acid groups (broad SMARTS) is 2. The topological polar surface area (TPSA) is 80.3 Å². The van der Waals surface area contributed by atoms with E-state index in [0.29, 0.717) is 12.8 Å². The van der Waals surface area contributed by atoms with Crippen molar-refractivity contribution in [2.75, 3.05) is 0 Å². The van der Waals surface area contributed by atoms with Crippen LogP contribution in [0, 0.1) is 11.8 Å². The van der Waals surface area contributed by atoms with Crippen LogP contribution >= 0.6 is 0 Å². The predicted octanol–water partition coefficient (Wildman–Crippen LogP) is -0.816. The second-order valence-corrected chi connectivity index (χ2v) is 3.26. The molecule has 0 aliphatic rings. The molecule has 0 radical (unpaired) electrons. The molecule has 0 spiro atoms. The maximum absolute atomic E-state index is 9.82. The van der Waals surface area contributed by atoms with Gasteiger partial charge in [-0.15, -0.1) is 0 Å². The fourth-order valence-corrected chi connectivity index (χ4v) is 0.333. The van der Waals surface area contributed by atoms with Gasteiger partial charge in [-0.2, -0.15) is 0 Å². The van der Waals surface area contributed by atoms with E-state index >= 15 is 0 Å². The van der Waals surface area contributed by atoms with Crippen molar-refractivity contribution in [2.45, 2.75) is 40.5 Å². The van der Waals surface area contributed by atoms with E-state index in [1.165, 1.54) is 0 Å². The van der Waals surface area contributed by atoms with Gasteiger partial charge in [0.15, 0.2) is 0 Å². The molecule has 0 rings (SSSR count). The maximum Gasteiger partial charge on any atom is 2.00 e. The summed E-state index contributed by atoms with van der Waals surface area (Å²) in [5, 5.41) is 19.6. The SMILES string of the molecule is CCC(C)C(=O)[O-].CCC(C)C(=O)[O-].[Ca+2]. The molecule has 0 amide bonds. The zero-order valence-corrected chi connectivity index (χ0v) is 12.1. The first kappa shape index (κ1) is 20.6. The molecule has 0 aliphatic heterocycles. The van der Waals surface area contributed by atoms with Crippen LogP contribution in [0.1, 0.15) is 40.5 Å². The first-order valence-corrected chi connectivity index (χ1v) is 4.78. The molecule has 0 aromatic rings. The normalized spacial score (nSPS) is 12.5. The fraction of sp³-hybridized carbons (Fsp3) is 0.800. The molecule has 0 aliphatic carbocycles. The van der Waals surface area contributed by atoms with Crippen molar-refractivity contribution >= 4 is 49.7 Å². The van der Waals surface area contributed by atoms with Crippen LogP contribution in [0.5, 0.6) is 0 Å². The Bertz CT molecular complexity index is 162. The quantitative estimate of drug-likeness (QED) is 0.603. The van der Waals surface area contributed by atoms with Gasteiger partial charge in [0.25, 0.3) is 0 Å². The number of hydrogen-bond donors (Lipinski definition) is 0. The van der Waals surface area contributed by atoms with Gasteiger partial charge in [0, 0.05) is 11.9 Å². The fourth-order valence-electron chi connectivity index (χ4n) is 0.333. The minimum Gasteiger partial charge on any atom is -0.550 e. The molecular weight excluding hydrogens is 224 g/mol. The second-order valence-electron chi connectivity index (χ2n) is 3.26. The van der Waals surface area contributed by atoms with Crippen molar-refractivity contribution in [3.63, 3.8) is 0 Å². The number of carboxylic acids is 2. The summed E-state index contributed by atoms with van der Waals surface area (Å²) in [5.41, 5.74) is 0.